The van der Waals surface area contributed by atoms with Gasteiger partial charge in [-0.2, -0.15) is 18.3 Å². The Morgan fingerprint density at radius 3 is 2.60 bits per heavy atom. The topological polar surface area (TPSA) is 59.6 Å². The van der Waals surface area contributed by atoms with E-state index in [4.69, 9.17) is 5.73 Å². The van der Waals surface area contributed by atoms with E-state index in [1.54, 1.807) is 25.2 Å². The van der Waals surface area contributed by atoms with Gasteiger partial charge in [0.1, 0.15) is 11.5 Å². The molecule has 0 aliphatic rings. The molecule has 7 heteroatoms. The lowest BCUT2D eigenvalue weighted by molar-refractivity contribution is -0.136. The summed E-state index contributed by atoms with van der Waals surface area (Å²) in [6.07, 6.45) is -4.40. The predicted molar refractivity (Wildman–Crippen MR) is 69.9 cm³/mol. The fourth-order valence-electron chi connectivity index (χ4n) is 2.14. The van der Waals surface area contributed by atoms with E-state index in [2.05, 4.69) is 10.1 Å². The molecule has 0 fully saturated rings. The molecule has 2 heterocycles. The van der Waals surface area contributed by atoms with Crippen molar-refractivity contribution in [2.24, 2.45) is 7.05 Å². The number of rotatable bonds is 1. The molecule has 3 rings (SSSR count). The van der Waals surface area contributed by atoms with Crippen LogP contribution in [0.4, 0.5) is 19.0 Å². The molecule has 2 aromatic heterocycles. The lowest BCUT2D eigenvalue weighted by Gasteiger charge is -2.07. The van der Waals surface area contributed by atoms with E-state index < -0.39 is 11.7 Å². The Morgan fingerprint density at radius 2 is 2.00 bits per heavy atom. The summed E-state index contributed by atoms with van der Waals surface area (Å²) in [5.74, 6) is 0.440. The van der Waals surface area contributed by atoms with Crippen LogP contribution in [0.1, 0.15) is 5.56 Å². The third kappa shape index (κ3) is 1.91. The number of anilines is 1. The van der Waals surface area contributed by atoms with Gasteiger partial charge in [0.25, 0.3) is 0 Å². The fraction of sp³-hybridized carbons (Fsp3) is 0.154. The number of hydrogen-bond acceptors (Lipinski definition) is 2. The smallest absolute Gasteiger partial charge is 0.384 e. The van der Waals surface area contributed by atoms with E-state index in [1.807, 2.05) is 0 Å². The molecule has 3 N–H and O–H groups in total. The summed E-state index contributed by atoms with van der Waals surface area (Å²) < 4.78 is 40.3. The number of hydrogen-bond donors (Lipinski definition) is 2. The lowest BCUT2D eigenvalue weighted by atomic mass is 10.1. The maximum atomic E-state index is 12.9. The first kappa shape index (κ1) is 12.6. The zero-order valence-electron chi connectivity index (χ0n) is 10.5. The SMILES string of the molecule is Cn1nc(-c2cc3cccc(C(F)(F)F)c3[nH]2)cc1N. The van der Waals surface area contributed by atoms with Gasteiger partial charge in [0.2, 0.25) is 0 Å². The highest BCUT2D eigenvalue weighted by molar-refractivity contribution is 5.88. The number of nitrogens with one attached hydrogen (secondary N) is 1. The van der Waals surface area contributed by atoms with Crippen molar-refractivity contribution in [1.82, 2.24) is 14.8 Å². The maximum absolute atomic E-state index is 12.9. The van der Waals surface area contributed by atoms with Crippen LogP contribution in [0.3, 0.4) is 0 Å². The summed E-state index contributed by atoms with van der Waals surface area (Å²) in [7, 11) is 1.67. The van der Waals surface area contributed by atoms with E-state index in [1.165, 1.54) is 10.7 Å². The Hall–Kier alpha value is -2.44. The van der Waals surface area contributed by atoms with Crippen molar-refractivity contribution in [3.63, 3.8) is 0 Å². The van der Waals surface area contributed by atoms with Gasteiger partial charge in [0, 0.05) is 18.5 Å². The van der Waals surface area contributed by atoms with E-state index >= 15 is 0 Å². The van der Waals surface area contributed by atoms with Crippen molar-refractivity contribution in [3.05, 3.63) is 35.9 Å². The van der Waals surface area contributed by atoms with Gasteiger partial charge in [-0.3, -0.25) is 4.68 Å². The number of nitrogen functional groups attached to an aromatic ring is 1. The number of aromatic nitrogens is 3. The third-order valence-electron chi connectivity index (χ3n) is 3.15. The summed E-state index contributed by atoms with van der Waals surface area (Å²) in [5, 5.41) is 4.63. The molecule has 1 aromatic carbocycles. The molecule has 0 spiro atoms. The van der Waals surface area contributed by atoms with Gasteiger partial charge in [0.15, 0.2) is 0 Å². The molecule has 0 saturated carbocycles. The summed E-state index contributed by atoms with van der Waals surface area (Å²) >= 11 is 0. The predicted octanol–water partition coefficient (Wildman–Crippen LogP) is 3.17. The first-order valence-corrected chi connectivity index (χ1v) is 5.85. The lowest BCUT2D eigenvalue weighted by Crippen LogP contribution is -2.05. The minimum atomic E-state index is -4.40. The van der Waals surface area contributed by atoms with Gasteiger partial charge in [-0.1, -0.05) is 12.1 Å². The van der Waals surface area contributed by atoms with Crippen LogP contribution in [0.2, 0.25) is 0 Å². The van der Waals surface area contributed by atoms with Crippen molar-refractivity contribution in [3.8, 4) is 11.4 Å². The molecule has 0 aliphatic carbocycles. The van der Waals surface area contributed by atoms with Gasteiger partial charge >= 0.3 is 6.18 Å². The normalized spacial score (nSPS) is 12.2. The Morgan fingerprint density at radius 1 is 1.25 bits per heavy atom. The molecular formula is C13H11F3N4. The first-order chi connectivity index (χ1) is 9.36. The fourth-order valence-corrected chi connectivity index (χ4v) is 2.14. The second-order valence-corrected chi connectivity index (χ2v) is 4.53. The quantitative estimate of drug-likeness (QED) is 0.719. The van der Waals surface area contributed by atoms with Gasteiger partial charge in [-0.05, 0) is 12.1 Å². The van der Waals surface area contributed by atoms with Crippen LogP contribution in [0.15, 0.2) is 30.3 Å². The summed E-state index contributed by atoms with van der Waals surface area (Å²) in [4.78, 5) is 2.78. The van der Waals surface area contributed by atoms with Gasteiger partial charge in [-0.15, -0.1) is 0 Å². The number of nitrogens with zero attached hydrogens (tertiary/aromatic N) is 2. The number of aromatic amines is 1. The zero-order chi connectivity index (χ0) is 14.5. The molecular weight excluding hydrogens is 269 g/mol. The highest BCUT2D eigenvalue weighted by Crippen LogP contribution is 2.35. The van der Waals surface area contributed by atoms with E-state index in [0.29, 0.717) is 22.6 Å². The molecule has 0 saturated heterocycles. The number of nitrogens with two attached hydrogens (primary N) is 1. The van der Waals surface area contributed by atoms with Crippen LogP contribution in [-0.2, 0) is 13.2 Å². The zero-order valence-corrected chi connectivity index (χ0v) is 10.5. The van der Waals surface area contributed by atoms with E-state index in [9.17, 15) is 13.2 Å². The Bertz CT molecular complexity index is 763. The van der Waals surface area contributed by atoms with E-state index in [0.717, 1.165) is 6.07 Å². The number of alkyl halides is 3. The van der Waals surface area contributed by atoms with Crippen molar-refractivity contribution < 1.29 is 13.2 Å². The Kier molecular flexibility index (Phi) is 2.53. The number of benzene rings is 1. The monoisotopic (exact) mass is 280 g/mol. The van der Waals surface area contributed by atoms with Crippen molar-refractivity contribution in [2.75, 3.05) is 5.73 Å². The number of aryl methyl sites for hydroxylation is 1. The molecule has 0 atom stereocenters. The second-order valence-electron chi connectivity index (χ2n) is 4.53. The van der Waals surface area contributed by atoms with Gasteiger partial charge in [-0.25, -0.2) is 0 Å². The van der Waals surface area contributed by atoms with Crippen LogP contribution in [0.25, 0.3) is 22.3 Å². The number of fused-ring (bicyclic) bond motifs is 1. The summed E-state index contributed by atoms with van der Waals surface area (Å²) in [6, 6.07) is 7.30. The summed E-state index contributed by atoms with van der Waals surface area (Å²) in [5.41, 5.74) is 6.06. The number of halogens is 3. The van der Waals surface area contributed by atoms with Crippen LogP contribution in [0.5, 0.6) is 0 Å². The molecule has 4 nitrogen and oxygen atoms in total. The van der Waals surface area contributed by atoms with Crippen molar-refractivity contribution >= 4 is 16.7 Å². The average Bonchev–Trinajstić information content (AvgIpc) is 2.92. The first-order valence-electron chi connectivity index (χ1n) is 5.85. The number of H-pyrrole nitrogens is 1. The number of para-hydroxylation sites is 1. The largest absolute Gasteiger partial charge is 0.418 e. The average molecular weight is 280 g/mol. The third-order valence-corrected chi connectivity index (χ3v) is 3.15. The van der Waals surface area contributed by atoms with Gasteiger partial charge < -0.3 is 10.7 Å². The highest BCUT2D eigenvalue weighted by Gasteiger charge is 2.33. The van der Waals surface area contributed by atoms with Gasteiger partial charge in [0.05, 0.1) is 16.8 Å². The van der Waals surface area contributed by atoms with Crippen LogP contribution < -0.4 is 5.73 Å². The van der Waals surface area contributed by atoms with E-state index in [-0.39, 0.29) is 5.52 Å². The molecule has 104 valence electrons. The molecule has 0 bridgehead atoms. The molecule has 0 aliphatic heterocycles. The molecule has 0 radical (unpaired) electrons. The van der Waals surface area contributed by atoms with Crippen LogP contribution >= 0.6 is 0 Å². The maximum Gasteiger partial charge on any atom is 0.418 e. The summed E-state index contributed by atoms with van der Waals surface area (Å²) in [6.45, 7) is 0. The molecule has 20 heavy (non-hydrogen) atoms. The highest BCUT2D eigenvalue weighted by atomic mass is 19.4. The Labute approximate surface area is 112 Å². The minimum Gasteiger partial charge on any atom is -0.384 e. The molecule has 3 aromatic rings. The Balaban J connectivity index is 2.20. The molecule has 0 amide bonds. The standard InChI is InChI=1S/C13H11F3N4/c1-20-11(17)6-10(19-20)9-5-7-3-2-4-8(12(7)18-9)13(14,15)16/h2-6,18H,17H2,1H3. The second kappa shape index (κ2) is 4.03. The molecule has 0 unspecified atom stereocenters. The van der Waals surface area contributed by atoms with Crippen LogP contribution in [0, 0.1) is 0 Å². The van der Waals surface area contributed by atoms with Crippen molar-refractivity contribution in [1.29, 1.82) is 0 Å². The minimum absolute atomic E-state index is 0.0548. The van der Waals surface area contributed by atoms with Crippen LogP contribution in [-0.4, -0.2) is 14.8 Å². The van der Waals surface area contributed by atoms with Crippen molar-refractivity contribution in [2.45, 2.75) is 6.18 Å².